The van der Waals surface area contributed by atoms with E-state index in [1.807, 2.05) is 22.7 Å². The summed E-state index contributed by atoms with van der Waals surface area (Å²) in [7, 11) is 2.07. The highest BCUT2D eigenvalue weighted by atomic mass is 16.1. The van der Waals surface area contributed by atoms with Gasteiger partial charge in [0.05, 0.1) is 16.6 Å². The lowest BCUT2D eigenvalue weighted by molar-refractivity contribution is 0.0955. The van der Waals surface area contributed by atoms with E-state index in [1.165, 1.54) is 36.8 Å². The minimum absolute atomic E-state index is 0.118. The summed E-state index contributed by atoms with van der Waals surface area (Å²) < 4.78 is 4.13. The zero-order chi connectivity index (χ0) is 21.7. The monoisotopic (exact) mass is 428 g/mol. The fourth-order valence-electron chi connectivity index (χ4n) is 5.11. The second-order valence-corrected chi connectivity index (χ2v) is 9.27. The van der Waals surface area contributed by atoms with Crippen molar-refractivity contribution < 1.29 is 4.79 Å². The number of nitrogens with zero attached hydrogens (tertiary/aromatic N) is 5. The smallest absolute Gasteiger partial charge is 0.255 e. The van der Waals surface area contributed by atoms with Crippen LogP contribution < -0.4 is 5.32 Å². The van der Waals surface area contributed by atoms with Gasteiger partial charge in [0.1, 0.15) is 11.6 Å². The van der Waals surface area contributed by atoms with Crippen LogP contribution in [0.1, 0.15) is 77.9 Å². The third kappa shape index (κ3) is 3.36. The maximum atomic E-state index is 12.9. The number of rotatable bonds is 6. The molecule has 2 saturated carbocycles. The van der Waals surface area contributed by atoms with Crippen molar-refractivity contribution in [2.24, 2.45) is 7.05 Å². The molecule has 0 spiro atoms. The Labute approximate surface area is 186 Å². The van der Waals surface area contributed by atoms with Gasteiger partial charge in [0.15, 0.2) is 5.65 Å². The molecule has 164 valence electrons. The van der Waals surface area contributed by atoms with Crippen LogP contribution in [0.25, 0.3) is 16.7 Å². The van der Waals surface area contributed by atoms with Crippen LogP contribution in [0.4, 0.5) is 0 Å². The van der Waals surface area contributed by atoms with Crippen LogP contribution in [0.3, 0.4) is 0 Å². The molecule has 0 bridgehead atoms. The van der Waals surface area contributed by atoms with Gasteiger partial charge in [-0.15, -0.1) is 10.2 Å². The van der Waals surface area contributed by atoms with E-state index in [2.05, 4.69) is 45.3 Å². The number of nitrogens with one attached hydrogen (secondary N) is 1. The Morgan fingerprint density at radius 2 is 1.94 bits per heavy atom. The van der Waals surface area contributed by atoms with Crippen molar-refractivity contribution in [2.75, 3.05) is 6.54 Å². The number of hydrogen-bond acceptors (Lipinski definition) is 4. The van der Waals surface area contributed by atoms with Gasteiger partial charge in [-0.1, -0.05) is 18.9 Å². The summed E-state index contributed by atoms with van der Waals surface area (Å²) in [5.74, 6) is 3.01. The molecule has 7 nitrogen and oxygen atoms in total. The number of aryl methyl sites for hydroxylation is 1. The van der Waals surface area contributed by atoms with Gasteiger partial charge in [0.25, 0.3) is 5.91 Å². The standard InChI is InChI=1S/C25H28N6O/c1-30-21-15-18(16-5-2-3-6-16)10-11-20(21)27-22(30)12-13-26-25(32)19-7-4-14-31-23(17-8-9-17)28-29-24(19)31/h4,7,10-11,14-17H,2-3,5-6,8-9,12-13H2,1H3,(H,26,32). The van der Waals surface area contributed by atoms with Gasteiger partial charge in [0, 0.05) is 32.1 Å². The predicted molar refractivity (Wildman–Crippen MR) is 123 cm³/mol. The van der Waals surface area contributed by atoms with E-state index in [0.29, 0.717) is 36.0 Å². The summed E-state index contributed by atoms with van der Waals surface area (Å²) >= 11 is 0. The number of hydrogen-bond donors (Lipinski definition) is 1. The second kappa shape index (κ2) is 7.73. The topological polar surface area (TPSA) is 77.1 Å². The minimum atomic E-state index is -0.118. The van der Waals surface area contributed by atoms with Crippen LogP contribution in [-0.2, 0) is 13.5 Å². The molecule has 3 heterocycles. The molecule has 2 fully saturated rings. The van der Waals surface area contributed by atoms with Crippen molar-refractivity contribution in [1.29, 1.82) is 0 Å². The Balaban J connectivity index is 1.16. The number of imidazole rings is 1. The maximum absolute atomic E-state index is 12.9. The number of pyridine rings is 1. The summed E-state index contributed by atoms with van der Waals surface area (Å²) in [6.45, 7) is 0.524. The Hall–Kier alpha value is -3.22. The molecule has 0 unspecified atom stereocenters. The van der Waals surface area contributed by atoms with E-state index in [0.717, 1.165) is 30.0 Å². The SMILES string of the molecule is Cn1c(CCNC(=O)c2cccn3c(C4CC4)nnc23)nc2ccc(C3CCCC3)cc21. The molecule has 2 aliphatic rings. The van der Waals surface area contributed by atoms with Crippen molar-refractivity contribution in [1.82, 2.24) is 29.5 Å². The predicted octanol–water partition coefficient (Wildman–Crippen LogP) is 4.12. The maximum Gasteiger partial charge on any atom is 0.255 e. The summed E-state index contributed by atoms with van der Waals surface area (Å²) in [5, 5.41) is 11.7. The first kappa shape index (κ1) is 19.5. The Morgan fingerprint density at radius 1 is 1.09 bits per heavy atom. The van der Waals surface area contributed by atoms with Crippen LogP contribution in [0, 0.1) is 0 Å². The fourth-order valence-corrected chi connectivity index (χ4v) is 5.11. The van der Waals surface area contributed by atoms with Crippen LogP contribution in [-0.4, -0.2) is 36.6 Å². The largest absolute Gasteiger partial charge is 0.351 e. The third-order valence-electron chi connectivity index (χ3n) is 7.11. The molecule has 1 aromatic carbocycles. The lowest BCUT2D eigenvalue weighted by Crippen LogP contribution is -2.27. The first-order valence-corrected chi connectivity index (χ1v) is 11.8. The van der Waals surface area contributed by atoms with Crippen molar-refractivity contribution >= 4 is 22.6 Å². The van der Waals surface area contributed by atoms with Crippen molar-refractivity contribution in [3.63, 3.8) is 0 Å². The van der Waals surface area contributed by atoms with Gasteiger partial charge in [-0.2, -0.15) is 0 Å². The van der Waals surface area contributed by atoms with Crippen LogP contribution >= 0.6 is 0 Å². The molecule has 3 aromatic heterocycles. The molecule has 0 aliphatic heterocycles. The van der Waals surface area contributed by atoms with Gasteiger partial charge in [0.2, 0.25) is 0 Å². The number of amides is 1. The zero-order valence-corrected chi connectivity index (χ0v) is 18.4. The van der Waals surface area contributed by atoms with Crippen LogP contribution in [0.5, 0.6) is 0 Å². The average molecular weight is 429 g/mol. The molecular weight excluding hydrogens is 400 g/mol. The lowest BCUT2D eigenvalue weighted by Gasteiger charge is -2.10. The average Bonchev–Trinajstić information content (AvgIpc) is 3.22. The number of carbonyl (C=O) groups excluding carboxylic acids is 1. The first-order chi connectivity index (χ1) is 15.7. The van der Waals surface area contributed by atoms with Gasteiger partial charge in [-0.3, -0.25) is 9.20 Å². The van der Waals surface area contributed by atoms with E-state index in [-0.39, 0.29) is 5.91 Å². The van der Waals surface area contributed by atoms with Crippen molar-refractivity contribution in [2.45, 2.75) is 56.8 Å². The molecule has 6 rings (SSSR count). The molecule has 1 amide bonds. The highest BCUT2D eigenvalue weighted by Crippen LogP contribution is 2.39. The van der Waals surface area contributed by atoms with Crippen LogP contribution in [0.2, 0.25) is 0 Å². The summed E-state index contributed by atoms with van der Waals surface area (Å²) in [4.78, 5) is 17.7. The molecule has 0 saturated heterocycles. The van der Waals surface area contributed by atoms with E-state index in [1.54, 1.807) is 0 Å². The number of carbonyl (C=O) groups is 1. The molecule has 32 heavy (non-hydrogen) atoms. The highest BCUT2D eigenvalue weighted by Gasteiger charge is 2.29. The summed E-state index contributed by atoms with van der Waals surface area (Å²) in [6, 6.07) is 10.4. The Bertz CT molecular complexity index is 1310. The van der Waals surface area contributed by atoms with Gasteiger partial charge < -0.3 is 9.88 Å². The Morgan fingerprint density at radius 3 is 2.75 bits per heavy atom. The Kier molecular flexibility index (Phi) is 4.70. The normalized spacial score (nSPS) is 16.9. The number of benzene rings is 1. The molecule has 1 N–H and O–H groups in total. The molecule has 7 heteroatoms. The molecule has 0 radical (unpaired) electrons. The quantitative estimate of drug-likeness (QED) is 0.501. The highest BCUT2D eigenvalue weighted by molar-refractivity contribution is 5.99. The minimum Gasteiger partial charge on any atom is -0.351 e. The molecule has 4 aromatic rings. The third-order valence-corrected chi connectivity index (χ3v) is 7.11. The number of aromatic nitrogens is 5. The van der Waals surface area contributed by atoms with Gasteiger partial charge >= 0.3 is 0 Å². The summed E-state index contributed by atoms with van der Waals surface area (Å²) in [6.07, 6.45) is 10.2. The van der Waals surface area contributed by atoms with E-state index in [4.69, 9.17) is 4.98 Å². The van der Waals surface area contributed by atoms with E-state index in [9.17, 15) is 4.79 Å². The van der Waals surface area contributed by atoms with Crippen molar-refractivity contribution in [3.05, 3.63) is 59.3 Å². The van der Waals surface area contributed by atoms with E-state index < -0.39 is 0 Å². The summed E-state index contributed by atoms with van der Waals surface area (Å²) in [5.41, 5.74) is 4.84. The van der Waals surface area contributed by atoms with Gasteiger partial charge in [-0.05, 0) is 61.4 Å². The molecular formula is C25H28N6O. The lowest BCUT2D eigenvalue weighted by atomic mass is 9.97. The zero-order valence-electron chi connectivity index (χ0n) is 18.4. The van der Waals surface area contributed by atoms with E-state index >= 15 is 0 Å². The molecule has 0 atom stereocenters. The number of fused-ring (bicyclic) bond motifs is 2. The fraction of sp³-hybridized carbons (Fsp3) is 0.440. The second-order valence-electron chi connectivity index (χ2n) is 9.27. The van der Waals surface area contributed by atoms with Crippen molar-refractivity contribution in [3.8, 4) is 0 Å². The molecule has 2 aliphatic carbocycles. The van der Waals surface area contributed by atoms with Gasteiger partial charge in [-0.25, -0.2) is 4.98 Å². The van der Waals surface area contributed by atoms with Crippen LogP contribution in [0.15, 0.2) is 36.5 Å². The first-order valence-electron chi connectivity index (χ1n) is 11.8.